The van der Waals surface area contributed by atoms with Crippen LogP contribution in [0.4, 0.5) is 16.3 Å². The van der Waals surface area contributed by atoms with Gasteiger partial charge in [-0.3, -0.25) is 25.2 Å². The zero-order valence-electron chi connectivity index (χ0n) is 18.2. The maximum Gasteiger partial charge on any atom is 0.320 e. The van der Waals surface area contributed by atoms with Gasteiger partial charge in [0.25, 0.3) is 5.91 Å². The van der Waals surface area contributed by atoms with Gasteiger partial charge in [-0.15, -0.1) is 0 Å². The first-order valence-electron chi connectivity index (χ1n) is 10.1. The lowest BCUT2D eigenvalue weighted by Crippen LogP contribution is -2.34. The normalized spacial score (nSPS) is 11.2. The molecular formula is C24H24N6O3. The van der Waals surface area contributed by atoms with Crippen molar-refractivity contribution >= 4 is 35.6 Å². The Morgan fingerprint density at radius 2 is 1.76 bits per heavy atom. The number of benzene rings is 2. The first-order valence-corrected chi connectivity index (χ1v) is 10.1. The third kappa shape index (κ3) is 5.40. The smallest absolute Gasteiger partial charge is 0.320 e. The zero-order chi connectivity index (χ0) is 24.0. The summed E-state index contributed by atoms with van der Waals surface area (Å²) in [6.07, 6.45) is 1.90. The lowest BCUT2D eigenvalue weighted by molar-refractivity contribution is 0.0866. The van der Waals surface area contributed by atoms with Gasteiger partial charge in [0.15, 0.2) is 6.29 Å². The van der Waals surface area contributed by atoms with E-state index in [1.54, 1.807) is 12.1 Å². The standard InChI is InChI=1S/C24H24N6O3/c1-15(16-8-4-3-5-9-16)28-24(33)29-21-12-20(25)19(13-27-21)22(26)30(2)23(32)18-11-7-6-10-17(18)14-31/h3-15,26H,1-2H3,(H4,25,27,28,29,33). The summed E-state index contributed by atoms with van der Waals surface area (Å²) >= 11 is 0. The molecule has 5 N–H and O–H groups in total. The third-order valence-electron chi connectivity index (χ3n) is 5.04. The van der Waals surface area contributed by atoms with E-state index in [1.165, 1.54) is 31.4 Å². The molecule has 0 spiro atoms. The molecule has 1 aromatic heterocycles. The Morgan fingerprint density at radius 3 is 2.42 bits per heavy atom. The van der Waals surface area contributed by atoms with Crippen LogP contribution in [0, 0.1) is 5.41 Å². The fraction of sp³-hybridized carbons (Fsp3) is 0.125. The third-order valence-corrected chi connectivity index (χ3v) is 5.04. The SMILES string of the molecule is CC(NC(=O)Nc1cc(N)c(C(=N)N(C)C(=O)c2ccccc2C=O)cn1)c1ccccc1. The number of hydrogen-bond acceptors (Lipinski definition) is 6. The van der Waals surface area contributed by atoms with Gasteiger partial charge in [0.2, 0.25) is 0 Å². The number of hydrogen-bond donors (Lipinski definition) is 4. The van der Waals surface area contributed by atoms with Crippen molar-refractivity contribution in [2.75, 3.05) is 18.1 Å². The van der Waals surface area contributed by atoms with E-state index in [0.717, 1.165) is 10.5 Å². The Hall–Kier alpha value is -4.53. The number of pyridine rings is 1. The summed E-state index contributed by atoms with van der Waals surface area (Å²) in [5, 5.41) is 13.8. The van der Waals surface area contributed by atoms with Crippen molar-refractivity contribution in [3.05, 3.63) is 89.1 Å². The Kier molecular flexibility index (Phi) is 7.14. The number of anilines is 2. The number of nitrogens with zero attached hydrogens (tertiary/aromatic N) is 2. The van der Waals surface area contributed by atoms with Gasteiger partial charge >= 0.3 is 6.03 Å². The average molecular weight is 444 g/mol. The maximum atomic E-state index is 12.8. The van der Waals surface area contributed by atoms with Crippen molar-refractivity contribution in [1.29, 1.82) is 5.41 Å². The first kappa shape index (κ1) is 23.1. The van der Waals surface area contributed by atoms with Crippen molar-refractivity contribution in [3.63, 3.8) is 0 Å². The summed E-state index contributed by atoms with van der Waals surface area (Å²) in [4.78, 5) is 41.5. The molecule has 1 heterocycles. The van der Waals surface area contributed by atoms with Crippen molar-refractivity contribution < 1.29 is 14.4 Å². The molecule has 3 rings (SSSR count). The monoisotopic (exact) mass is 444 g/mol. The van der Waals surface area contributed by atoms with Crippen molar-refractivity contribution in [3.8, 4) is 0 Å². The van der Waals surface area contributed by atoms with Crippen LogP contribution in [0.3, 0.4) is 0 Å². The molecule has 33 heavy (non-hydrogen) atoms. The molecule has 1 unspecified atom stereocenters. The minimum Gasteiger partial charge on any atom is -0.398 e. The van der Waals surface area contributed by atoms with Crippen LogP contribution in [0.15, 0.2) is 66.9 Å². The summed E-state index contributed by atoms with van der Waals surface area (Å²) in [6, 6.07) is 16.6. The minimum atomic E-state index is -0.529. The van der Waals surface area contributed by atoms with Crippen molar-refractivity contribution in [1.82, 2.24) is 15.2 Å². The van der Waals surface area contributed by atoms with Crippen LogP contribution in [0.5, 0.6) is 0 Å². The quantitative estimate of drug-likeness (QED) is 0.262. The van der Waals surface area contributed by atoms with Crippen LogP contribution < -0.4 is 16.4 Å². The highest BCUT2D eigenvalue weighted by Gasteiger charge is 2.21. The lowest BCUT2D eigenvalue weighted by atomic mass is 10.1. The molecule has 0 aliphatic heterocycles. The van der Waals surface area contributed by atoms with Crippen molar-refractivity contribution in [2.24, 2.45) is 0 Å². The Labute approximate surface area is 191 Å². The Bertz CT molecular complexity index is 1200. The molecule has 0 aliphatic carbocycles. The topological polar surface area (TPSA) is 141 Å². The molecule has 0 bridgehead atoms. The molecule has 168 valence electrons. The Balaban J connectivity index is 1.69. The number of carbonyl (C=O) groups is 3. The second-order valence-electron chi connectivity index (χ2n) is 7.31. The van der Waals surface area contributed by atoms with Gasteiger partial charge in [-0.1, -0.05) is 48.5 Å². The number of nitrogen functional groups attached to an aromatic ring is 1. The number of nitrogens with two attached hydrogens (primary N) is 1. The molecule has 9 nitrogen and oxygen atoms in total. The summed E-state index contributed by atoms with van der Waals surface area (Å²) in [7, 11) is 1.41. The molecule has 0 aliphatic rings. The second kappa shape index (κ2) is 10.2. The zero-order valence-corrected chi connectivity index (χ0v) is 18.2. The molecule has 0 radical (unpaired) electrons. The van der Waals surface area contributed by atoms with Crippen molar-refractivity contribution in [2.45, 2.75) is 13.0 Å². The van der Waals surface area contributed by atoms with Crippen LogP contribution in [0.1, 0.15) is 44.8 Å². The number of amidine groups is 1. The van der Waals surface area contributed by atoms with E-state index in [-0.39, 0.29) is 40.1 Å². The van der Waals surface area contributed by atoms with E-state index < -0.39 is 11.9 Å². The van der Waals surface area contributed by atoms with Crippen LogP contribution >= 0.6 is 0 Å². The number of carbonyl (C=O) groups excluding carboxylic acids is 3. The number of nitrogens with one attached hydrogen (secondary N) is 3. The van der Waals surface area contributed by atoms with E-state index >= 15 is 0 Å². The summed E-state index contributed by atoms with van der Waals surface area (Å²) in [5.41, 5.74) is 7.79. The van der Waals surface area contributed by atoms with E-state index in [2.05, 4.69) is 15.6 Å². The highest BCUT2D eigenvalue weighted by atomic mass is 16.2. The number of urea groups is 1. The predicted molar refractivity (Wildman–Crippen MR) is 126 cm³/mol. The van der Waals surface area contributed by atoms with E-state index in [9.17, 15) is 14.4 Å². The largest absolute Gasteiger partial charge is 0.398 e. The highest BCUT2D eigenvalue weighted by molar-refractivity contribution is 6.14. The second-order valence-corrected chi connectivity index (χ2v) is 7.31. The van der Waals surface area contributed by atoms with E-state index in [0.29, 0.717) is 6.29 Å². The summed E-state index contributed by atoms with van der Waals surface area (Å²) in [6.45, 7) is 1.86. The maximum absolute atomic E-state index is 12.8. The fourth-order valence-corrected chi connectivity index (χ4v) is 3.17. The Morgan fingerprint density at radius 1 is 1.09 bits per heavy atom. The minimum absolute atomic E-state index is 0.157. The van der Waals surface area contributed by atoms with E-state index in [4.69, 9.17) is 11.1 Å². The fourth-order valence-electron chi connectivity index (χ4n) is 3.17. The molecule has 0 saturated heterocycles. The summed E-state index contributed by atoms with van der Waals surface area (Å²) < 4.78 is 0. The predicted octanol–water partition coefficient (Wildman–Crippen LogP) is 3.46. The molecule has 1 atom stereocenters. The molecule has 2 aromatic carbocycles. The van der Waals surface area contributed by atoms with Gasteiger partial charge in [-0.25, -0.2) is 9.78 Å². The molecule has 0 saturated carbocycles. The van der Waals surface area contributed by atoms with Gasteiger partial charge < -0.3 is 11.1 Å². The van der Waals surface area contributed by atoms with Crippen LogP contribution in [0.25, 0.3) is 0 Å². The van der Waals surface area contributed by atoms with Crippen LogP contribution in [-0.2, 0) is 0 Å². The lowest BCUT2D eigenvalue weighted by Gasteiger charge is -2.20. The molecule has 9 heteroatoms. The van der Waals surface area contributed by atoms with Crippen LogP contribution in [-0.4, -0.2) is 41.0 Å². The number of aromatic nitrogens is 1. The molecule has 3 amide bonds. The van der Waals surface area contributed by atoms with Gasteiger partial charge in [0.1, 0.15) is 11.7 Å². The highest BCUT2D eigenvalue weighted by Crippen LogP contribution is 2.19. The van der Waals surface area contributed by atoms with Gasteiger partial charge in [-0.2, -0.15) is 0 Å². The first-order chi connectivity index (χ1) is 15.8. The van der Waals surface area contributed by atoms with Crippen LogP contribution in [0.2, 0.25) is 0 Å². The number of aldehydes is 1. The molecular weight excluding hydrogens is 420 g/mol. The summed E-state index contributed by atoms with van der Waals surface area (Å²) in [5.74, 6) is -0.528. The molecule has 3 aromatic rings. The van der Waals surface area contributed by atoms with E-state index in [1.807, 2.05) is 37.3 Å². The molecule has 0 fully saturated rings. The average Bonchev–Trinajstić information content (AvgIpc) is 2.83. The number of rotatable bonds is 6. The van der Waals surface area contributed by atoms with Gasteiger partial charge in [0.05, 0.1) is 17.2 Å². The number of amides is 3. The van der Waals surface area contributed by atoms with Gasteiger partial charge in [0, 0.05) is 30.6 Å². The van der Waals surface area contributed by atoms with Gasteiger partial charge in [-0.05, 0) is 18.6 Å².